The van der Waals surface area contributed by atoms with Crippen molar-refractivity contribution in [3.63, 3.8) is 0 Å². The Hall–Kier alpha value is -2.06. The molecule has 0 bridgehead atoms. The van der Waals surface area contributed by atoms with Crippen LogP contribution >= 0.6 is 22.7 Å². The molecule has 0 fully saturated rings. The molecule has 6 nitrogen and oxygen atoms in total. The lowest BCUT2D eigenvalue weighted by Gasteiger charge is -2.24. The monoisotopic (exact) mass is 345 g/mol. The van der Waals surface area contributed by atoms with Crippen LogP contribution in [0.2, 0.25) is 0 Å². The number of nitrogens with one attached hydrogen (secondary N) is 1. The maximum atomic E-state index is 12.4. The van der Waals surface area contributed by atoms with E-state index in [9.17, 15) is 4.79 Å². The first kappa shape index (κ1) is 14.5. The Morgan fingerprint density at radius 3 is 3.13 bits per heavy atom. The van der Waals surface area contributed by atoms with E-state index in [1.165, 1.54) is 11.3 Å². The number of fused-ring (bicyclic) bond motifs is 1. The molecule has 1 aliphatic rings. The lowest BCUT2D eigenvalue weighted by Crippen LogP contribution is -2.41. The Kier molecular flexibility index (Phi) is 3.70. The van der Waals surface area contributed by atoms with Gasteiger partial charge in [-0.3, -0.25) is 4.79 Å². The van der Waals surface area contributed by atoms with Crippen molar-refractivity contribution in [3.8, 4) is 9.88 Å². The van der Waals surface area contributed by atoms with Gasteiger partial charge in [-0.1, -0.05) is 6.07 Å². The van der Waals surface area contributed by atoms with Gasteiger partial charge in [0.25, 0.3) is 5.91 Å². The highest BCUT2D eigenvalue weighted by atomic mass is 32.1. The molecule has 8 heteroatoms. The molecule has 0 radical (unpaired) electrons. The van der Waals surface area contributed by atoms with Gasteiger partial charge in [-0.05, 0) is 24.8 Å². The summed E-state index contributed by atoms with van der Waals surface area (Å²) in [5, 5.41) is 16.1. The minimum atomic E-state index is -0.108. The Labute approximate surface area is 141 Å². The predicted octanol–water partition coefficient (Wildman–Crippen LogP) is 2.52. The van der Waals surface area contributed by atoms with Crippen LogP contribution in [-0.2, 0) is 13.0 Å². The van der Waals surface area contributed by atoms with Crippen LogP contribution in [-0.4, -0.2) is 31.7 Å². The molecule has 0 saturated heterocycles. The first-order valence-corrected chi connectivity index (χ1v) is 9.15. The topological polar surface area (TPSA) is 72.7 Å². The van der Waals surface area contributed by atoms with E-state index in [4.69, 9.17) is 0 Å². The van der Waals surface area contributed by atoms with Crippen molar-refractivity contribution < 1.29 is 4.79 Å². The third-order valence-electron chi connectivity index (χ3n) is 3.94. The number of thiazole rings is 1. The van der Waals surface area contributed by atoms with E-state index >= 15 is 0 Å². The Balaban J connectivity index is 1.46. The van der Waals surface area contributed by atoms with Crippen LogP contribution in [0.25, 0.3) is 9.88 Å². The number of rotatable bonds is 3. The average molecular weight is 345 g/mol. The van der Waals surface area contributed by atoms with Crippen LogP contribution in [0.4, 0.5) is 0 Å². The molecule has 118 valence electrons. The second-order valence-electron chi connectivity index (χ2n) is 5.50. The number of carbonyl (C=O) groups excluding carboxylic acids is 1. The molecule has 23 heavy (non-hydrogen) atoms. The zero-order valence-electron chi connectivity index (χ0n) is 12.5. The highest BCUT2D eigenvalue weighted by Crippen LogP contribution is 2.27. The van der Waals surface area contributed by atoms with E-state index in [2.05, 4.69) is 25.1 Å². The van der Waals surface area contributed by atoms with Crippen LogP contribution in [0.1, 0.15) is 28.6 Å². The first-order chi connectivity index (χ1) is 11.2. The number of amides is 1. The zero-order chi connectivity index (χ0) is 15.8. The fourth-order valence-corrected chi connectivity index (χ4v) is 4.35. The molecule has 1 N–H and O–H groups in total. The van der Waals surface area contributed by atoms with Crippen LogP contribution in [0.15, 0.2) is 22.9 Å². The number of carbonyl (C=O) groups is 1. The highest BCUT2D eigenvalue weighted by molar-refractivity contribution is 7.20. The Bertz CT molecular complexity index is 836. The second-order valence-corrected chi connectivity index (χ2v) is 7.30. The summed E-state index contributed by atoms with van der Waals surface area (Å²) in [6.07, 6.45) is 1.72. The number of nitrogens with zero attached hydrogens (tertiary/aromatic N) is 4. The van der Waals surface area contributed by atoms with Crippen molar-refractivity contribution in [2.24, 2.45) is 0 Å². The van der Waals surface area contributed by atoms with Gasteiger partial charge in [0, 0.05) is 24.4 Å². The van der Waals surface area contributed by atoms with E-state index in [0.717, 1.165) is 40.9 Å². The molecular weight excluding hydrogens is 330 g/mol. The van der Waals surface area contributed by atoms with Crippen LogP contribution in [0, 0.1) is 6.92 Å². The SMILES string of the molecule is Cc1nnc2n1CC(NC(=O)c1csc(-c3cccs3)n1)CC2. The van der Waals surface area contributed by atoms with Gasteiger partial charge in [0.2, 0.25) is 0 Å². The first-order valence-electron chi connectivity index (χ1n) is 7.39. The summed E-state index contributed by atoms with van der Waals surface area (Å²) in [7, 11) is 0. The van der Waals surface area contributed by atoms with Gasteiger partial charge in [0.1, 0.15) is 22.4 Å². The molecular formula is C15H15N5OS2. The highest BCUT2D eigenvalue weighted by Gasteiger charge is 2.24. The maximum Gasteiger partial charge on any atom is 0.271 e. The summed E-state index contributed by atoms with van der Waals surface area (Å²) in [5.74, 6) is 1.79. The number of hydrogen-bond acceptors (Lipinski definition) is 6. The van der Waals surface area contributed by atoms with Crippen LogP contribution < -0.4 is 5.32 Å². The quantitative estimate of drug-likeness (QED) is 0.792. The summed E-state index contributed by atoms with van der Waals surface area (Å²) in [6.45, 7) is 2.66. The molecule has 0 spiro atoms. The van der Waals surface area contributed by atoms with Gasteiger partial charge in [0.15, 0.2) is 0 Å². The number of hydrogen-bond donors (Lipinski definition) is 1. The Morgan fingerprint density at radius 2 is 2.30 bits per heavy atom. The number of thiophene rings is 1. The normalized spacial score (nSPS) is 17.0. The Morgan fingerprint density at radius 1 is 1.39 bits per heavy atom. The fourth-order valence-electron chi connectivity index (χ4n) is 2.73. The van der Waals surface area contributed by atoms with Crippen molar-refractivity contribution in [1.82, 2.24) is 25.1 Å². The molecule has 0 aliphatic carbocycles. The second kappa shape index (κ2) is 5.86. The maximum absolute atomic E-state index is 12.4. The molecule has 3 aromatic rings. The van der Waals surface area contributed by atoms with E-state index in [1.54, 1.807) is 11.3 Å². The summed E-state index contributed by atoms with van der Waals surface area (Å²) >= 11 is 3.13. The molecule has 4 rings (SSSR count). The fraction of sp³-hybridized carbons (Fsp3) is 0.333. The molecule has 1 atom stereocenters. The van der Waals surface area contributed by atoms with E-state index < -0.39 is 0 Å². The van der Waals surface area contributed by atoms with Crippen LogP contribution in [0.5, 0.6) is 0 Å². The van der Waals surface area contributed by atoms with Gasteiger partial charge < -0.3 is 9.88 Å². The zero-order valence-corrected chi connectivity index (χ0v) is 14.2. The smallest absolute Gasteiger partial charge is 0.271 e. The van der Waals surface area contributed by atoms with Gasteiger partial charge in [0.05, 0.1) is 4.88 Å². The van der Waals surface area contributed by atoms with Crippen molar-refractivity contribution in [1.29, 1.82) is 0 Å². The van der Waals surface area contributed by atoms with E-state index in [0.29, 0.717) is 5.69 Å². The summed E-state index contributed by atoms with van der Waals surface area (Å²) in [4.78, 5) is 18.0. The third-order valence-corrected chi connectivity index (χ3v) is 5.82. The van der Waals surface area contributed by atoms with Gasteiger partial charge in [-0.2, -0.15) is 0 Å². The summed E-state index contributed by atoms with van der Waals surface area (Å²) in [6, 6.07) is 4.10. The largest absolute Gasteiger partial charge is 0.346 e. The van der Waals surface area contributed by atoms with Gasteiger partial charge >= 0.3 is 0 Å². The minimum absolute atomic E-state index is 0.0941. The minimum Gasteiger partial charge on any atom is -0.346 e. The molecule has 0 saturated carbocycles. The van der Waals surface area contributed by atoms with Crippen molar-refractivity contribution in [2.45, 2.75) is 32.4 Å². The third kappa shape index (κ3) is 2.79. The van der Waals surface area contributed by atoms with Crippen molar-refractivity contribution in [2.75, 3.05) is 0 Å². The molecule has 4 heterocycles. The predicted molar refractivity (Wildman–Crippen MR) is 89.8 cm³/mol. The lowest BCUT2D eigenvalue weighted by atomic mass is 10.1. The molecule has 1 amide bonds. The van der Waals surface area contributed by atoms with E-state index in [-0.39, 0.29) is 11.9 Å². The van der Waals surface area contributed by atoms with Gasteiger partial charge in [-0.25, -0.2) is 4.98 Å². The number of aryl methyl sites for hydroxylation is 2. The van der Waals surface area contributed by atoms with Gasteiger partial charge in [-0.15, -0.1) is 32.9 Å². The van der Waals surface area contributed by atoms with Crippen molar-refractivity contribution >= 4 is 28.6 Å². The van der Waals surface area contributed by atoms with Crippen LogP contribution in [0.3, 0.4) is 0 Å². The van der Waals surface area contributed by atoms with E-state index in [1.807, 2.05) is 29.8 Å². The number of aromatic nitrogens is 4. The average Bonchev–Trinajstić information content (AvgIpc) is 3.27. The molecule has 3 aromatic heterocycles. The summed E-state index contributed by atoms with van der Waals surface area (Å²) < 4.78 is 2.08. The van der Waals surface area contributed by atoms with Crippen molar-refractivity contribution in [3.05, 3.63) is 40.2 Å². The molecule has 0 aromatic carbocycles. The molecule has 1 aliphatic heterocycles. The molecule has 1 unspecified atom stereocenters. The lowest BCUT2D eigenvalue weighted by molar-refractivity contribution is 0.0923. The standard InChI is InChI=1S/C15H15N5OS2/c1-9-18-19-13-5-4-10(7-20(9)13)16-14(21)11-8-23-15(17-11)12-3-2-6-22-12/h2-3,6,8,10H,4-5,7H2,1H3,(H,16,21). The summed E-state index contributed by atoms with van der Waals surface area (Å²) in [5.41, 5.74) is 0.490.